The number of rotatable bonds is 2. The Labute approximate surface area is 136 Å². The Bertz CT molecular complexity index is 768. The minimum Gasteiger partial charge on any atom is -0.264 e. The standard InChI is InChI=1S/C15H8Cl3N3/c16-11-5-1-3-9(7-11)12-13(17)20-15(21-14(12)18)10-4-2-6-19-8-10/h1-8H. The predicted octanol–water partition coefficient (Wildman–Crippen LogP) is 5.17. The second-order valence-corrected chi connectivity index (χ2v) is 5.41. The van der Waals surface area contributed by atoms with E-state index < -0.39 is 0 Å². The fourth-order valence-corrected chi connectivity index (χ4v) is 2.71. The van der Waals surface area contributed by atoms with E-state index in [1.54, 1.807) is 30.6 Å². The Hall–Kier alpha value is -1.68. The Morgan fingerprint density at radius 3 is 2.14 bits per heavy atom. The third-order valence-corrected chi connectivity index (χ3v) is 3.64. The van der Waals surface area contributed by atoms with E-state index in [9.17, 15) is 0 Å². The van der Waals surface area contributed by atoms with E-state index in [0.717, 1.165) is 11.1 Å². The molecule has 0 N–H and O–H groups in total. The van der Waals surface area contributed by atoms with Crippen molar-refractivity contribution in [3.8, 4) is 22.5 Å². The van der Waals surface area contributed by atoms with Gasteiger partial charge in [0, 0.05) is 23.0 Å². The van der Waals surface area contributed by atoms with Crippen LogP contribution in [-0.2, 0) is 0 Å². The van der Waals surface area contributed by atoms with Gasteiger partial charge in [-0.2, -0.15) is 0 Å². The Balaban J connectivity index is 2.13. The number of hydrogen-bond donors (Lipinski definition) is 0. The summed E-state index contributed by atoms with van der Waals surface area (Å²) in [4.78, 5) is 12.6. The highest BCUT2D eigenvalue weighted by atomic mass is 35.5. The van der Waals surface area contributed by atoms with Gasteiger partial charge in [-0.15, -0.1) is 0 Å². The molecule has 0 unspecified atom stereocenters. The topological polar surface area (TPSA) is 38.7 Å². The molecule has 0 aliphatic heterocycles. The van der Waals surface area contributed by atoms with Crippen LogP contribution in [0.25, 0.3) is 22.5 Å². The van der Waals surface area contributed by atoms with E-state index in [4.69, 9.17) is 34.8 Å². The Kier molecular flexibility index (Phi) is 4.06. The lowest BCUT2D eigenvalue weighted by molar-refractivity contribution is 1.17. The molecule has 0 aliphatic carbocycles. The van der Waals surface area contributed by atoms with Crippen molar-refractivity contribution >= 4 is 34.8 Å². The van der Waals surface area contributed by atoms with Crippen LogP contribution in [0.4, 0.5) is 0 Å². The molecule has 0 saturated carbocycles. The smallest absolute Gasteiger partial charge is 0.164 e. The van der Waals surface area contributed by atoms with Crippen molar-refractivity contribution in [2.24, 2.45) is 0 Å². The lowest BCUT2D eigenvalue weighted by Crippen LogP contribution is -1.95. The maximum atomic E-state index is 6.27. The van der Waals surface area contributed by atoms with Crippen molar-refractivity contribution < 1.29 is 0 Å². The molecule has 0 radical (unpaired) electrons. The van der Waals surface area contributed by atoms with Gasteiger partial charge in [-0.05, 0) is 29.8 Å². The molecule has 3 rings (SSSR count). The highest BCUT2D eigenvalue weighted by Crippen LogP contribution is 2.34. The minimum atomic E-state index is 0.274. The van der Waals surface area contributed by atoms with Gasteiger partial charge < -0.3 is 0 Å². The number of aromatic nitrogens is 3. The molecule has 0 fully saturated rings. The molecule has 104 valence electrons. The van der Waals surface area contributed by atoms with Crippen molar-refractivity contribution in [2.45, 2.75) is 0 Å². The van der Waals surface area contributed by atoms with Crippen LogP contribution >= 0.6 is 34.8 Å². The summed E-state index contributed by atoms with van der Waals surface area (Å²) in [6.45, 7) is 0. The highest BCUT2D eigenvalue weighted by Gasteiger charge is 2.15. The summed E-state index contributed by atoms with van der Waals surface area (Å²) in [5, 5.41) is 1.14. The maximum absolute atomic E-state index is 6.27. The SMILES string of the molecule is Clc1cccc(-c2c(Cl)nc(-c3cccnc3)nc2Cl)c1. The molecule has 21 heavy (non-hydrogen) atoms. The maximum Gasteiger partial charge on any atom is 0.164 e. The fourth-order valence-electron chi connectivity index (χ4n) is 1.91. The third kappa shape index (κ3) is 3.00. The van der Waals surface area contributed by atoms with Gasteiger partial charge in [-0.1, -0.05) is 46.9 Å². The molecule has 0 bridgehead atoms. The number of hydrogen-bond acceptors (Lipinski definition) is 3. The van der Waals surface area contributed by atoms with E-state index in [0.29, 0.717) is 16.4 Å². The number of halogens is 3. The Morgan fingerprint density at radius 2 is 1.52 bits per heavy atom. The number of benzene rings is 1. The summed E-state index contributed by atoms with van der Waals surface area (Å²) < 4.78 is 0. The summed E-state index contributed by atoms with van der Waals surface area (Å²) >= 11 is 18.5. The van der Waals surface area contributed by atoms with E-state index in [2.05, 4.69) is 15.0 Å². The highest BCUT2D eigenvalue weighted by molar-refractivity contribution is 6.38. The van der Waals surface area contributed by atoms with Gasteiger partial charge in [0.2, 0.25) is 0 Å². The normalized spacial score (nSPS) is 10.6. The molecular formula is C15H8Cl3N3. The molecule has 0 spiro atoms. The zero-order chi connectivity index (χ0) is 14.8. The van der Waals surface area contributed by atoms with E-state index in [1.165, 1.54) is 0 Å². The van der Waals surface area contributed by atoms with Gasteiger partial charge >= 0.3 is 0 Å². The third-order valence-electron chi connectivity index (χ3n) is 2.85. The summed E-state index contributed by atoms with van der Waals surface area (Å²) in [6.07, 6.45) is 3.33. The van der Waals surface area contributed by atoms with Gasteiger partial charge in [0.1, 0.15) is 10.3 Å². The van der Waals surface area contributed by atoms with Gasteiger partial charge in [0.25, 0.3) is 0 Å². The lowest BCUT2D eigenvalue weighted by atomic mass is 10.1. The summed E-state index contributed by atoms with van der Waals surface area (Å²) in [5.74, 6) is 0.434. The largest absolute Gasteiger partial charge is 0.264 e. The lowest BCUT2D eigenvalue weighted by Gasteiger charge is -2.08. The zero-order valence-electron chi connectivity index (χ0n) is 10.6. The molecule has 2 aromatic heterocycles. The molecule has 3 aromatic rings. The molecule has 0 saturated heterocycles. The van der Waals surface area contributed by atoms with Crippen LogP contribution in [0.2, 0.25) is 15.3 Å². The predicted molar refractivity (Wildman–Crippen MR) is 85.7 cm³/mol. The van der Waals surface area contributed by atoms with Gasteiger partial charge in [0.05, 0.1) is 5.56 Å². The van der Waals surface area contributed by atoms with Crippen molar-refractivity contribution in [3.05, 3.63) is 64.1 Å². The minimum absolute atomic E-state index is 0.274. The van der Waals surface area contributed by atoms with E-state index >= 15 is 0 Å². The molecular weight excluding hydrogens is 329 g/mol. The second-order valence-electron chi connectivity index (χ2n) is 4.26. The first-order chi connectivity index (χ1) is 10.1. The number of pyridine rings is 1. The van der Waals surface area contributed by atoms with Crippen molar-refractivity contribution in [1.29, 1.82) is 0 Å². The van der Waals surface area contributed by atoms with Crippen LogP contribution in [0.15, 0.2) is 48.8 Å². The molecule has 2 heterocycles. The average Bonchev–Trinajstić information content (AvgIpc) is 2.47. The van der Waals surface area contributed by atoms with Crippen LogP contribution in [0.1, 0.15) is 0 Å². The van der Waals surface area contributed by atoms with Crippen LogP contribution in [-0.4, -0.2) is 15.0 Å². The molecule has 3 nitrogen and oxygen atoms in total. The van der Waals surface area contributed by atoms with Gasteiger partial charge in [-0.3, -0.25) is 4.98 Å². The van der Waals surface area contributed by atoms with Crippen LogP contribution in [0, 0.1) is 0 Å². The molecule has 0 aliphatic rings. The fraction of sp³-hybridized carbons (Fsp3) is 0. The van der Waals surface area contributed by atoms with E-state index in [1.807, 2.05) is 18.2 Å². The summed E-state index contributed by atoms with van der Waals surface area (Å²) in [6, 6.07) is 10.9. The van der Waals surface area contributed by atoms with Crippen LogP contribution < -0.4 is 0 Å². The summed E-state index contributed by atoms with van der Waals surface area (Å²) in [7, 11) is 0. The molecule has 6 heteroatoms. The molecule has 0 atom stereocenters. The first kappa shape index (κ1) is 14.3. The van der Waals surface area contributed by atoms with Crippen molar-refractivity contribution in [3.63, 3.8) is 0 Å². The van der Waals surface area contributed by atoms with Crippen LogP contribution in [0.3, 0.4) is 0 Å². The monoisotopic (exact) mass is 335 g/mol. The quantitative estimate of drug-likeness (QED) is 0.606. The molecule has 0 amide bonds. The average molecular weight is 337 g/mol. The summed E-state index contributed by atoms with van der Waals surface area (Å²) in [5.41, 5.74) is 2.09. The molecule has 1 aromatic carbocycles. The Morgan fingerprint density at radius 1 is 0.810 bits per heavy atom. The number of nitrogens with zero attached hydrogens (tertiary/aromatic N) is 3. The first-order valence-corrected chi connectivity index (χ1v) is 7.18. The van der Waals surface area contributed by atoms with Gasteiger partial charge in [0.15, 0.2) is 5.82 Å². The first-order valence-electron chi connectivity index (χ1n) is 6.04. The van der Waals surface area contributed by atoms with Gasteiger partial charge in [-0.25, -0.2) is 9.97 Å². The van der Waals surface area contributed by atoms with Crippen LogP contribution in [0.5, 0.6) is 0 Å². The van der Waals surface area contributed by atoms with Crippen molar-refractivity contribution in [2.75, 3.05) is 0 Å². The zero-order valence-corrected chi connectivity index (χ0v) is 12.9. The van der Waals surface area contributed by atoms with Crippen molar-refractivity contribution in [1.82, 2.24) is 15.0 Å². The van der Waals surface area contributed by atoms with E-state index in [-0.39, 0.29) is 10.3 Å². The second kappa shape index (κ2) is 5.98.